The monoisotopic (exact) mass is 362 g/mol. The van der Waals surface area contributed by atoms with Gasteiger partial charge in [0.15, 0.2) is 9.84 Å². The summed E-state index contributed by atoms with van der Waals surface area (Å²) in [5, 5.41) is 3.11. The highest BCUT2D eigenvalue weighted by Gasteiger charge is 2.34. The molecule has 2 fully saturated rings. The quantitative estimate of drug-likeness (QED) is 0.830. The van der Waals surface area contributed by atoms with Crippen molar-refractivity contribution in [1.82, 2.24) is 10.2 Å². The predicted molar refractivity (Wildman–Crippen MR) is 99.9 cm³/mol. The van der Waals surface area contributed by atoms with Gasteiger partial charge >= 0.3 is 0 Å². The summed E-state index contributed by atoms with van der Waals surface area (Å²) in [6, 6.07) is 10.2. The maximum atomic E-state index is 12.4. The Morgan fingerprint density at radius 3 is 2.44 bits per heavy atom. The fourth-order valence-corrected chi connectivity index (χ4v) is 5.40. The second kappa shape index (κ2) is 7.70. The molecule has 0 saturated carbocycles. The number of hydrogen-bond donors (Lipinski definition) is 1. The SMILES string of the molecule is C/C(=C/c1ccccc1)C(=O)NC1CCN([C@@H]2CCS(=O)(=O)C2)CC1. The van der Waals surface area contributed by atoms with E-state index in [1.807, 2.05) is 43.3 Å². The standard InChI is InChI=1S/C19H26N2O3S/c1-15(13-16-5-3-2-4-6-16)19(22)20-17-7-10-21(11-8-17)18-9-12-25(23,24)14-18/h2-6,13,17-18H,7-12,14H2,1H3,(H,20,22)/b15-13-/t18-/m1/s1. The first-order valence-electron chi connectivity index (χ1n) is 8.92. The summed E-state index contributed by atoms with van der Waals surface area (Å²) in [7, 11) is -2.84. The number of nitrogens with one attached hydrogen (secondary N) is 1. The minimum Gasteiger partial charge on any atom is -0.349 e. The van der Waals surface area contributed by atoms with Crippen LogP contribution in [0.3, 0.4) is 0 Å². The minimum absolute atomic E-state index is 0.0225. The molecule has 2 saturated heterocycles. The Morgan fingerprint density at radius 1 is 1.16 bits per heavy atom. The molecule has 1 N–H and O–H groups in total. The van der Waals surface area contributed by atoms with Crippen molar-refractivity contribution < 1.29 is 13.2 Å². The molecule has 0 aromatic heterocycles. The fraction of sp³-hybridized carbons (Fsp3) is 0.526. The molecule has 2 aliphatic heterocycles. The topological polar surface area (TPSA) is 66.5 Å². The summed E-state index contributed by atoms with van der Waals surface area (Å²) in [5.41, 5.74) is 1.72. The second-order valence-electron chi connectivity index (χ2n) is 7.08. The lowest BCUT2D eigenvalue weighted by molar-refractivity contribution is -0.118. The Morgan fingerprint density at radius 2 is 1.84 bits per heavy atom. The first-order valence-corrected chi connectivity index (χ1v) is 10.7. The van der Waals surface area contributed by atoms with Gasteiger partial charge < -0.3 is 5.32 Å². The zero-order chi connectivity index (χ0) is 17.9. The van der Waals surface area contributed by atoms with Crippen molar-refractivity contribution in [3.05, 3.63) is 41.5 Å². The summed E-state index contributed by atoms with van der Waals surface area (Å²) in [5.74, 6) is 0.589. The van der Waals surface area contributed by atoms with Crippen LogP contribution in [0, 0.1) is 0 Å². The first kappa shape index (κ1) is 18.1. The highest BCUT2D eigenvalue weighted by molar-refractivity contribution is 7.91. The lowest BCUT2D eigenvalue weighted by Crippen LogP contribution is -2.48. The van der Waals surface area contributed by atoms with Gasteiger partial charge in [0.25, 0.3) is 0 Å². The van der Waals surface area contributed by atoms with E-state index in [4.69, 9.17) is 0 Å². The second-order valence-corrected chi connectivity index (χ2v) is 9.31. The minimum atomic E-state index is -2.84. The van der Waals surface area contributed by atoms with Crippen LogP contribution in [0.1, 0.15) is 31.7 Å². The smallest absolute Gasteiger partial charge is 0.247 e. The van der Waals surface area contributed by atoms with E-state index in [1.54, 1.807) is 0 Å². The summed E-state index contributed by atoms with van der Waals surface area (Å²) in [4.78, 5) is 14.6. The molecule has 2 aliphatic rings. The van der Waals surface area contributed by atoms with Crippen LogP contribution in [-0.4, -0.2) is 55.9 Å². The normalized spacial score (nSPS) is 25.0. The maximum absolute atomic E-state index is 12.4. The summed E-state index contributed by atoms with van der Waals surface area (Å²) < 4.78 is 23.3. The maximum Gasteiger partial charge on any atom is 0.247 e. The molecule has 0 unspecified atom stereocenters. The van der Waals surface area contributed by atoms with Gasteiger partial charge in [0.1, 0.15) is 0 Å². The van der Waals surface area contributed by atoms with E-state index in [0.29, 0.717) is 17.1 Å². The molecule has 1 amide bonds. The van der Waals surface area contributed by atoms with E-state index in [-0.39, 0.29) is 18.0 Å². The van der Waals surface area contributed by atoms with Crippen molar-refractivity contribution in [2.75, 3.05) is 24.6 Å². The molecule has 0 bridgehead atoms. The van der Waals surface area contributed by atoms with Crippen LogP contribution < -0.4 is 5.32 Å². The molecule has 1 atom stereocenters. The van der Waals surface area contributed by atoms with Crippen molar-refractivity contribution in [2.45, 2.75) is 38.3 Å². The zero-order valence-electron chi connectivity index (χ0n) is 14.6. The Hall–Kier alpha value is -1.66. The summed E-state index contributed by atoms with van der Waals surface area (Å²) in [6.07, 6.45) is 4.40. The molecule has 6 heteroatoms. The van der Waals surface area contributed by atoms with Gasteiger partial charge in [-0.25, -0.2) is 8.42 Å². The van der Waals surface area contributed by atoms with E-state index < -0.39 is 9.84 Å². The molecule has 5 nitrogen and oxygen atoms in total. The first-order chi connectivity index (χ1) is 11.9. The van der Waals surface area contributed by atoms with Gasteiger partial charge in [-0.1, -0.05) is 30.3 Å². The van der Waals surface area contributed by atoms with Crippen LogP contribution in [0.4, 0.5) is 0 Å². The van der Waals surface area contributed by atoms with Crippen LogP contribution in [0.5, 0.6) is 0 Å². The van der Waals surface area contributed by atoms with Gasteiger partial charge in [-0.3, -0.25) is 9.69 Å². The van der Waals surface area contributed by atoms with Crippen LogP contribution in [0.15, 0.2) is 35.9 Å². The Labute approximate surface area is 150 Å². The lowest BCUT2D eigenvalue weighted by atomic mass is 10.0. The van der Waals surface area contributed by atoms with Crippen LogP contribution >= 0.6 is 0 Å². The molecular formula is C19H26N2O3S. The number of likely N-dealkylation sites (tertiary alicyclic amines) is 1. The Kier molecular flexibility index (Phi) is 5.59. The average Bonchev–Trinajstić information content (AvgIpc) is 2.96. The Bertz CT molecular complexity index is 735. The van der Waals surface area contributed by atoms with Gasteiger partial charge in [0.05, 0.1) is 11.5 Å². The molecule has 1 aromatic carbocycles. The summed E-state index contributed by atoms with van der Waals surface area (Å²) >= 11 is 0. The molecule has 136 valence electrons. The van der Waals surface area contributed by atoms with Crippen molar-refractivity contribution in [3.63, 3.8) is 0 Å². The van der Waals surface area contributed by atoms with Gasteiger partial charge in [0.2, 0.25) is 5.91 Å². The zero-order valence-corrected chi connectivity index (χ0v) is 15.5. The van der Waals surface area contributed by atoms with E-state index in [9.17, 15) is 13.2 Å². The van der Waals surface area contributed by atoms with Gasteiger partial charge in [-0.15, -0.1) is 0 Å². The molecule has 0 radical (unpaired) electrons. The third-order valence-corrected chi connectivity index (χ3v) is 6.88. The number of hydrogen-bond acceptors (Lipinski definition) is 4. The Balaban J connectivity index is 1.49. The summed E-state index contributed by atoms with van der Waals surface area (Å²) in [6.45, 7) is 3.54. The number of carbonyl (C=O) groups is 1. The van der Waals surface area contributed by atoms with Gasteiger partial charge in [-0.2, -0.15) is 0 Å². The van der Waals surface area contributed by atoms with Gasteiger partial charge in [-0.05, 0) is 37.8 Å². The van der Waals surface area contributed by atoms with E-state index in [1.165, 1.54) is 0 Å². The van der Waals surface area contributed by atoms with Gasteiger partial charge in [0, 0.05) is 30.7 Å². The average molecular weight is 362 g/mol. The number of amides is 1. The van der Waals surface area contributed by atoms with Crippen LogP contribution in [-0.2, 0) is 14.6 Å². The number of benzene rings is 1. The molecule has 2 heterocycles. The van der Waals surface area contributed by atoms with Crippen molar-refractivity contribution in [3.8, 4) is 0 Å². The molecule has 1 aromatic rings. The predicted octanol–water partition coefficient (Wildman–Crippen LogP) is 1.86. The highest BCUT2D eigenvalue weighted by Crippen LogP contribution is 2.22. The lowest BCUT2D eigenvalue weighted by Gasteiger charge is -2.35. The number of rotatable bonds is 4. The molecule has 0 spiro atoms. The van der Waals surface area contributed by atoms with Crippen molar-refractivity contribution >= 4 is 21.8 Å². The van der Waals surface area contributed by atoms with Crippen molar-refractivity contribution in [1.29, 1.82) is 0 Å². The number of nitrogens with zero attached hydrogens (tertiary/aromatic N) is 1. The third kappa shape index (κ3) is 4.92. The van der Waals surface area contributed by atoms with E-state index in [0.717, 1.165) is 37.9 Å². The fourth-order valence-electron chi connectivity index (χ4n) is 3.64. The van der Waals surface area contributed by atoms with E-state index >= 15 is 0 Å². The third-order valence-electron chi connectivity index (χ3n) is 5.13. The van der Waals surface area contributed by atoms with Crippen LogP contribution in [0.2, 0.25) is 0 Å². The number of carbonyl (C=O) groups excluding carboxylic acids is 1. The molecule has 25 heavy (non-hydrogen) atoms. The molecule has 0 aliphatic carbocycles. The number of piperidine rings is 1. The largest absolute Gasteiger partial charge is 0.349 e. The van der Waals surface area contributed by atoms with E-state index in [2.05, 4.69) is 10.2 Å². The highest BCUT2D eigenvalue weighted by atomic mass is 32.2. The van der Waals surface area contributed by atoms with Crippen LogP contribution in [0.25, 0.3) is 6.08 Å². The molecular weight excluding hydrogens is 336 g/mol. The van der Waals surface area contributed by atoms with Crippen molar-refractivity contribution in [2.24, 2.45) is 0 Å². The molecule has 3 rings (SSSR count). The number of sulfone groups is 1.